The minimum absolute atomic E-state index is 0.0175. The highest BCUT2D eigenvalue weighted by molar-refractivity contribution is 7.92. The van der Waals surface area contributed by atoms with E-state index in [-0.39, 0.29) is 37.7 Å². The summed E-state index contributed by atoms with van der Waals surface area (Å²) in [6, 6.07) is 9.38. The number of sulfonamides is 1. The molecule has 0 saturated heterocycles. The van der Waals surface area contributed by atoms with Crippen molar-refractivity contribution in [3.63, 3.8) is 0 Å². The van der Waals surface area contributed by atoms with E-state index in [0.717, 1.165) is 6.26 Å². The van der Waals surface area contributed by atoms with Crippen LogP contribution in [0.4, 0.5) is 5.69 Å². The summed E-state index contributed by atoms with van der Waals surface area (Å²) in [5.74, 6) is -0.579. The fourth-order valence-electron chi connectivity index (χ4n) is 3.91. The molecule has 2 aromatic rings. The molecule has 0 fully saturated rings. The lowest BCUT2D eigenvalue weighted by Gasteiger charge is -2.31. The maximum atomic E-state index is 13.4. The molecule has 0 spiro atoms. The number of hydrogen-bond donors (Lipinski definition) is 1. The number of carbonyl (C=O) groups is 2. The van der Waals surface area contributed by atoms with Gasteiger partial charge in [-0.25, -0.2) is 8.42 Å². The summed E-state index contributed by atoms with van der Waals surface area (Å²) in [5, 5.41) is 4.02. The van der Waals surface area contributed by atoms with Gasteiger partial charge in [-0.3, -0.25) is 13.9 Å². The van der Waals surface area contributed by atoms with Gasteiger partial charge in [0.25, 0.3) is 0 Å². The molecule has 0 aliphatic heterocycles. The van der Waals surface area contributed by atoms with Gasteiger partial charge in [0, 0.05) is 46.7 Å². The Morgan fingerprint density at radius 3 is 2.14 bits per heavy atom. The van der Waals surface area contributed by atoms with Crippen molar-refractivity contribution < 1.29 is 18.0 Å². The van der Waals surface area contributed by atoms with Gasteiger partial charge in [0.15, 0.2) is 0 Å². The number of hydrogen-bond acceptors (Lipinski definition) is 4. The number of halogens is 3. The van der Waals surface area contributed by atoms with Gasteiger partial charge in [-0.1, -0.05) is 53.9 Å². The Morgan fingerprint density at radius 2 is 1.58 bits per heavy atom. The third-order valence-corrected chi connectivity index (χ3v) is 8.08. The van der Waals surface area contributed by atoms with Crippen LogP contribution in [0.1, 0.15) is 44.2 Å². The van der Waals surface area contributed by atoms with E-state index < -0.39 is 16.1 Å². The van der Waals surface area contributed by atoms with Crippen molar-refractivity contribution in [2.24, 2.45) is 0 Å². The lowest BCUT2D eigenvalue weighted by molar-refractivity contribution is -0.141. The maximum absolute atomic E-state index is 13.4. The second-order valence-electron chi connectivity index (χ2n) is 8.36. The van der Waals surface area contributed by atoms with Gasteiger partial charge in [0.2, 0.25) is 21.8 Å². The Morgan fingerprint density at radius 1 is 1.00 bits per heavy atom. The van der Waals surface area contributed by atoms with Crippen LogP contribution in [-0.2, 0) is 26.2 Å². The van der Waals surface area contributed by atoms with E-state index >= 15 is 0 Å². The quantitative estimate of drug-likeness (QED) is 0.364. The summed E-state index contributed by atoms with van der Waals surface area (Å²) in [4.78, 5) is 27.7. The molecule has 0 aromatic heterocycles. The monoisotopic (exact) mass is 575 g/mol. The highest BCUT2D eigenvalue weighted by Gasteiger charge is 2.29. The van der Waals surface area contributed by atoms with E-state index in [4.69, 9.17) is 34.8 Å². The van der Waals surface area contributed by atoms with Crippen LogP contribution in [0, 0.1) is 6.92 Å². The zero-order valence-electron chi connectivity index (χ0n) is 20.9. The first-order chi connectivity index (χ1) is 16.9. The molecule has 7 nitrogen and oxygen atoms in total. The molecule has 2 amide bonds. The minimum atomic E-state index is -3.63. The summed E-state index contributed by atoms with van der Waals surface area (Å²) >= 11 is 18.9. The second-order valence-corrected chi connectivity index (χ2v) is 11.5. The van der Waals surface area contributed by atoms with E-state index in [1.807, 2.05) is 6.92 Å². The summed E-state index contributed by atoms with van der Waals surface area (Å²) in [5.41, 5.74) is 1.64. The average molecular weight is 577 g/mol. The lowest BCUT2D eigenvalue weighted by Crippen LogP contribution is -2.49. The maximum Gasteiger partial charge on any atom is 0.242 e. The number of nitrogens with one attached hydrogen (secondary N) is 1. The van der Waals surface area contributed by atoms with Gasteiger partial charge in [-0.2, -0.15) is 0 Å². The van der Waals surface area contributed by atoms with Crippen LogP contribution >= 0.6 is 34.8 Å². The van der Waals surface area contributed by atoms with Crippen molar-refractivity contribution in [3.8, 4) is 0 Å². The minimum Gasteiger partial charge on any atom is -0.355 e. The first-order valence-electron chi connectivity index (χ1n) is 11.6. The van der Waals surface area contributed by atoms with Gasteiger partial charge in [-0.05, 0) is 56.5 Å². The van der Waals surface area contributed by atoms with Crippen LogP contribution in [0.25, 0.3) is 0 Å². The van der Waals surface area contributed by atoms with Gasteiger partial charge < -0.3 is 10.2 Å². The Hall–Kier alpha value is -2.00. The molecule has 11 heteroatoms. The van der Waals surface area contributed by atoms with E-state index in [2.05, 4.69) is 5.32 Å². The number of anilines is 1. The van der Waals surface area contributed by atoms with Crippen molar-refractivity contribution in [1.29, 1.82) is 0 Å². The normalized spacial score (nSPS) is 12.2. The average Bonchev–Trinajstić information content (AvgIpc) is 2.80. The Kier molecular flexibility index (Phi) is 11.3. The number of amides is 2. The van der Waals surface area contributed by atoms with Gasteiger partial charge in [0.1, 0.15) is 6.04 Å². The van der Waals surface area contributed by atoms with Crippen LogP contribution in [0.3, 0.4) is 0 Å². The van der Waals surface area contributed by atoms with Crippen LogP contribution in [0.15, 0.2) is 36.4 Å². The van der Waals surface area contributed by atoms with Crippen LogP contribution in [0.5, 0.6) is 0 Å². The molecule has 2 rings (SSSR count). The molecular weight excluding hydrogens is 545 g/mol. The predicted molar refractivity (Wildman–Crippen MR) is 147 cm³/mol. The Balaban J connectivity index is 2.29. The molecule has 1 atom stereocenters. The zero-order chi connectivity index (χ0) is 27.0. The molecule has 36 heavy (non-hydrogen) atoms. The summed E-state index contributed by atoms with van der Waals surface area (Å²) in [7, 11) is -3.63. The highest BCUT2D eigenvalue weighted by Crippen LogP contribution is 2.29. The fourth-order valence-corrected chi connectivity index (χ4v) is 5.62. The number of benzene rings is 2. The number of nitrogens with zero attached hydrogens (tertiary/aromatic N) is 2. The number of carbonyl (C=O) groups excluding carboxylic acids is 2. The van der Waals surface area contributed by atoms with Crippen LogP contribution in [0.2, 0.25) is 15.1 Å². The van der Waals surface area contributed by atoms with Crippen molar-refractivity contribution in [2.75, 3.05) is 23.7 Å². The van der Waals surface area contributed by atoms with Crippen molar-refractivity contribution in [3.05, 3.63) is 62.6 Å². The standard InChI is InChI=1S/C25H32Cl3N3O4S/c1-5-22(25(33)29-6-2)30(16-18-20(27)11-7-12-21(18)28)24(32)14-9-15-31(36(4,34)35)23-13-8-10-19(26)17(23)3/h7-8,10-13,22H,5-6,9,14-16H2,1-4H3,(H,29,33). The van der Waals surface area contributed by atoms with Gasteiger partial charge >= 0.3 is 0 Å². The molecule has 1 N–H and O–H groups in total. The molecule has 0 saturated carbocycles. The first-order valence-corrected chi connectivity index (χ1v) is 14.6. The first kappa shape index (κ1) is 30.2. The SMILES string of the molecule is CCNC(=O)C(CC)N(Cc1c(Cl)cccc1Cl)C(=O)CCCN(c1cccc(Cl)c1C)S(C)(=O)=O. The number of rotatable bonds is 12. The smallest absolute Gasteiger partial charge is 0.242 e. The predicted octanol–water partition coefficient (Wildman–Crippen LogP) is 5.44. The van der Waals surface area contributed by atoms with E-state index in [0.29, 0.717) is 44.8 Å². The third-order valence-electron chi connectivity index (χ3n) is 5.79. The fraction of sp³-hybridized carbons (Fsp3) is 0.440. The van der Waals surface area contributed by atoms with Crippen molar-refractivity contribution >= 4 is 62.3 Å². The molecular formula is C25H32Cl3N3O4S. The zero-order valence-corrected chi connectivity index (χ0v) is 23.9. The third kappa shape index (κ3) is 7.75. The molecule has 0 bridgehead atoms. The molecule has 0 aliphatic carbocycles. The molecule has 198 valence electrons. The summed E-state index contributed by atoms with van der Waals surface area (Å²) in [6.07, 6.45) is 1.75. The summed E-state index contributed by atoms with van der Waals surface area (Å²) in [6.45, 7) is 5.92. The largest absolute Gasteiger partial charge is 0.355 e. The Bertz CT molecular complexity index is 1170. The van der Waals surface area contributed by atoms with E-state index in [1.165, 1.54) is 9.21 Å². The van der Waals surface area contributed by atoms with Gasteiger partial charge in [-0.15, -0.1) is 0 Å². The van der Waals surface area contributed by atoms with Crippen LogP contribution in [-0.4, -0.2) is 50.5 Å². The molecule has 1 unspecified atom stereocenters. The van der Waals surface area contributed by atoms with Crippen molar-refractivity contribution in [1.82, 2.24) is 10.2 Å². The molecule has 0 aliphatic rings. The second kappa shape index (κ2) is 13.5. The molecule has 0 heterocycles. The Labute approximate surface area is 228 Å². The molecule has 0 radical (unpaired) electrons. The topological polar surface area (TPSA) is 86.8 Å². The van der Waals surface area contributed by atoms with Crippen LogP contribution < -0.4 is 9.62 Å². The van der Waals surface area contributed by atoms with Crippen molar-refractivity contribution in [2.45, 2.75) is 52.6 Å². The van der Waals surface area contributed by atoms with E-state index in [1.54, 1.807) is 50.2 Å². The summed E-state index contributed by atoms with van der Waals surface area (Å²) < 4.78 is 26.3. The lowest BCUT2D eigenvalue weighted by atomic mass is 10.1. The van der Waals surface area contributed by atoms with Gasteiger partial charge in [0.05, 0.1) is 11.9 Å². The van der Waals surface area contributed by atoms with E-state index in [9.17, 15) is 18.0 Å². The molecule has 2 aromatic carbocycles. The number of likely N-dealkylation sites (N-methyl/N-ethyl adjacent to an activating group) is 1. The highest BCUT2D eigenvalue weighted by atomic mass is 35.5.